The Morgan fingerprint density at radius 1 is 1.57 bits per heavy atom. The zero-order chi connectivity index (χ0) is 10.6. The topological polar surface area (TPSA) is 82.7 Å². The van der Waals surface area contributed by atoms with Gasteiger partial charge in [-0.3, -0.25) is 4.79 Å². The van der Waals surface area contributed by atoms with Gasteiger partial charge in [0.25, 0.3) is 5.91 Å². The van der Waals surface area contributed by atoms with Crippen LogP contribution in [0.15, 0.2) is 16.7 Å². The van der Waals surface area contributed by atoms with Crippen molar-refractivity contribution >= 4 is 5.91 Å². The van der Waals surface area contributed by atoms with Gasteiger partial charge in [0, 0.05) is 0 Å². The number of nitrogens with one attached hydrogen (secondary N) is 1. The van der Waals surface area contributed by atoms with Crippen LogP contribution >= 0.6 is 0 Å². The van der Waals surface area contributed by atoms with Crippen molar-refractivity contribution in [1.29, 1.82) is 0 Å². The molecule has 0 radical (unpaired) electrons. The van der Waals surface area contributed by atoms with E-state index in [9.17, 15) is 4.79 Å². The second-order valence-corrected chi connectivity index (χ2v) is 2.93. The Kier molecular flexibility index (Phi) is 3.67. The SMILES string of the molecule is Cc1occc1C(=O)NC(CO)CO. The molecule has 5 nitrogen and oxygen atoms in total. The fourth-order valence-electron chi connectivity index (χ4n) is 1.03. The smallest absolute Gasteiger partial charge is 0.255 e. The lowest BCUT2D eigenvalue weighted by Crippen LogP contribution is -2.40. The molecule has 5 heteroatoms. The zero-order valence-corrected chi connectivity index (χ0v) is 7.86. The van der Waals surface area contributed by atoms with Crippen LogP contribution in [0.25, 0.3) is 0 Å². The van der Waals surface area contributed by atoms with Crippen LogP contribution in [0, 0.1) is 6.92 Å². The number of amides is 1. The first-order valence-electron chi connectivity index (χ1n) is 4.25. The maximum Gasteiger partial charge on any atom is 0.255 e. The maximum atomic E-state index is 11.5. The van der Waals surface area contributed by atoms with Crippen LogP contribution in [0.2, 0.25) is 0 Å². The largest absolute Gasteiger partial charge is 0.469 e. The molecule has 1 rings (SSSR count). The molecule has 14 heavy (non-hydrogen) atoms. The molecule has 1 heterocycles. The van der Waals surface area contributed by atoms with E-state index < -0.39 is 6.04 Å². The molecule has 1 amide bonds. The van der Waals surface area contributed by atoms with E-state index in [4.69, 9.17) is 14.6 Å². The first-order valence-corrected chi connectivity index (χ1v) is 4.25. The van der Waals surface area contributed by atoms with Gasteiger partial charge in [-0.25, -0.2) is 0 Å². The minimum atomic E-state index is -0.628. The molecule has 78 valence electrons. The second-order valence-electron chi connectivity index (χ2n) is 2.93. The van der Waals surface area contributed by atoms with Crippen LogP contribution < -0.4 is 5.32 Å². The van der Waals surface area contributed by atoms with E-state index in [1.165, 1.54) is 12.3 Å². The third-order valence-electron chi connectivity index (χ3n) is 1.88. The Morgan fingerprint density at radius 3 is 2.64 bits per heavy atom. The van der Waals surface area contributed by atoms with Gasteiger partial charge in [-0.15, -0.1) is 0 Å². The number of aryl methyl sites for hydroxylation is 1. The van der Waals surface area contributed by atoms with Gasteiger partial charge < -0.3 is 19.9 Å². The molecular formula is C9H13NO4. The first kappa shape index (κ1) is 10.7. The lowest BCUT2D eigenvalue weighted by Gasteiger charge is -2.12. The normalized spacial score (nSPS) is 10.6. The highest BCUT2D eigenvalue weighted by Crippen LogP contribution is 2.08. The number of aliphatic hydroxyl groups is 2. The van der Waals surface area contributed by atoms with Crippen LogP contribution in [-0.4, -0.2) is 35.4 Å². The van der Waals surface area contributed by atoms with Gasteiger partial charge in [0.1, 0.15) is 5.76 Å². The Balaban J connectivity index is 2.63. The Morgan fingerprint density at radius 2 is 2.21 bits per heavy atom. The monoisotopic (exact) mass is 199 g/mol. The summed E-state index contributed by atoms with van der Waals surface area (Å²) < 4.78 is 4.95. The maximum absolute atomic E-state index is 11.5. The predicted octanol–water partition coefficient (Wildman–Crippen LogP) is -0.329. The van der Waals surface area contributed by atoms with Crippen LogP contribution in [0.3, 0.4) is 0 Å². The summed E-state index contributed by atoms with van der Waals surface area (Å²) in [4.78, 5) is 11.5. The molecule has 0 spiro atoms. The highest BCUT2D eigenvalue weighted by molar-refractivity contribution is 5.95. The van der Waals surface area contributed by atoms with Crippen LogP contribution in [0.4, 0.5) is 0 Å². The Bertz CT molecular complexity index is 304. The molecule has 0 bridgehead atoms. The molecule has 0 atom stereocenters. The summed E-state index contributed by atoms with van der Waals surface area (Å²) in [6, 6.07) is 0.910. The first-order chi connectivity index (χ1) is 6.69. The molecule has 0 saturated heterocycles. The molecule has 0 aliphatic heterocycles. The molecule has 0 aliphatic rings. The van der Waals surface area contributed by atoms with E-state index in [2.05, 4.69) is 5.32 Å². The van der Waals surface area contributed by atoms with Gasteiger partial charge in [-0.1, -0.05) is 0 Å². The van der Waals surface area contributed by atoms with Crippen LogP contribution in [0.1, 0.15) is 16.1 Å². The number of aliphatic hydroxyl groups excluding tert-OH is 2. The van der Waals surface area contributed by atoms with Gasteiger partial charge >= 0.3 is 0 Å². The fourth-order valence-corrected chi connectivity index (χ4v) is 1.03. The summed E-state index contributed by atoms with van der Waals surface area (Å²) in [5.74, 6) is 0.154. The van der Waals surface area contributed by atoms with Gasteiger partial charge in [0.05, 0.1) is 31.1 Å². The van der Waals surface area contributed by atoms with E-state index in [1.807, 2.05) is 0 Å². The van der Waals surface area contributed by atoms with Crippen molar-refractivity contribution in [2.24, 2.45) is 0 Å². The van der Waals surface area contributed by atoms with E-state index in [1.54, 1.807) is 6.92 Å². The number of hydrogen-bond acceptors (Lipinski definition) is 4. The second kappa shape index (κ2) is 4.78. The fraction of sp³-hybridized carbons (Fsp3) is 0.444. The number of carbonyl (C=O) groups is 1. The van der Waals surface area contributed by atoms with Crippen molar-refractivity contribution in [1.82, 2.24) is 5.32 Å². The zero-order valence-electron chi connectivity index (χ0n) is 7.86. The van der Waals surface area contributed by atoms with Crippen molar-refractivity contribution in [3.8, 4) is 0 Å². The number of rotatable bonds is 4. The molecule has 3 N–H and O–H groups in total. The number of hydrogen-bond donors (Lipinski definition) is 3. The third-order valence-corrected chi connectivity index (χ3v) is 1.88. The molecule has 1 aromatic heterocycles. The van der Waals surface area contributed by atoms with Crippen molar-refractivity contribution in [2.45, 2.75) is 13.0 Å². The van der Waals surface area contributed by atoms with E-state index in [-0.39, 0.29) is 19.1 Å². The molecule has 0 fully saturated rings. The summed E-state index contributed by atoms with van der Waals surface area (Å²) in [6.07, 6.45) is 1.41. The Labute approximate surface area is 81.4 Å². The molecule has 0 unspecified atom stereocenters. The molecule has 1 aromatic rings. The minimum absolute atomic E-state index is 0.293. The van der Waals surface area contributed by atoms with Crippen molar-refractivity contribution in [2.75, 3.05) is 13.2 Å². The van der Waals surface area contributed by atoms with Gasteiger partial charge in [0.15, 0.2) is 0 Å². The summed E-state index contributed by atoms with van der Waals surface area (Å²) in [5.41, 5.74) is 0.414. The summed E-state index contributed by atoms with van der Waals surface area (Å²) >= 11 is 0. The summed E-state index contributed by atoms with van der Waals surface area (Å²) in [5, 5.41) is 19.9. The van der Waals surface area contributed by atoms with E-state index in [0.717, 1.165) is 0 Å². The molecular weight excluding hydrogens is 186 g/mol. The minimum Gasteiger partial charge on any atom is -0.469 e. The lowest BCUT2D eigenvalue weighted by atomic mass is 10.2. The highest BCUT2D eigenvalue weighted by atomic mass is 16.3. The summed E-state index contributed by atoms with van der Waals surface area (Å²) in [7, 11) is 0. The summed E-state index contributed by atoms with van der Waals surface area (Å²) in [6.45, 7) is 1.08. The van der Waals surface area contributed by atoms with Gasteiger partial charge in [-0.2, -0.15) is 0 Å². The van der Waals surface area contributed by atoms with E-state index >= 15 is 0 Å². The molecule has 0 saturated carbocycles. The van der Waals surface area contributed by atoms with Crippen LogP contribution in [-0.2, 0) is 0 Å². The van der Waals surface area contributed by atoms with Gasteiger partial charge in [0.2, 0.25) is 0 Å². The average Bonchev–Trinajstić information content (AvgIpc) is 2.60. The highest BCUT2D eigenvalue weighted by Gasteiger charge is 2.15. The lowest BCUT2D eigenvalue weighted by molar-refractivity contribution is 0.0878. The van der Waals surface area contributed by atoms with E-state index in [0.29, 0.717) is 11.3 Å². The van der Waals surface area contributed by atoms with Gasteiger partial charge in [-0.05, 0) is 13.0 Å². The Hall–Kier alpha value is -1.33. The standard InChI is InChI=1S/C9H13NO4/c1-6-8(2-3-14-6)9(13)10-7(4-11)5-12/h2-3,7,11-12H,4-5H2,1H3,(H,10,13). The van der Waals surface area contributed by atoms with Crippen LogP contribution in [0.5, 0.6) is 0 Å². The molecule has 0 aromatic carbocycles. The van der Waals surface area contributed by atoms with Crippen molar-refractivity contribution in [3.63, 3.8) is 0 Å². The van der Waals surface area contributed by atoms with Crippen molar-refractivity contribution in [3.05, 3.63) is 23.7 Å². The number of furan rings is 1. The number of carbonyl (C=O) groups excluding carboxylic acids is 1. The third kappa shape index (κ3) is 2.34. The van der Waals surface area contributed by atoms with Crippen molar-refractivity contribution < 1.29 is 19.4 Å². The average molecular weight is 199 g/mol. The predicted molar refractivity (Wildman–Crippen MR) is 48.9 cm³/mol. The molecule has 0 aliphatic carbocycles. The quantitative estimate of drug-likeness (QED) is 0.620.